The lowest BCUT2D eigenvalue weighted by atomic mass is 9.88. The molecular weight excluding hydrogens is 194 g/mol. The molecule has 1 aromatic heterocycles. The number of hydrogen-bond donors (Lipinski definition) is 0. The van der Waals surface area contributed by atoms with E-state index in [1.165, 1.54) is 40.8 Å². The number of aryl methyl sites for hydroxylation is 3. The van der Waals surface area contributed by atoms with Gasteiger partial charge in [0.2, 0.25) is 5.69 Å². The quantitative estimate of drug-likeness (QED) is 0.499. The van der Waals surface area contributed by atoms with Crippen molar-refractivity contribution < 1.29 is 4.57 Å². The highest BCUT2D eigenvalue weighted by atomic mass is 15.0. The van der Waals surface area contributed by atoms with Gasteiger partial charge in [-0.25, -0.2) is 0 Å². The summed E-state index contributed by atoms with van der Waals surface area (Å²) in [5, 5.41) is 0. The Balaban J connectivity index is 2.15. The minimum absolute atomic E-state index is 1.06. The van der Waals surface area contributed by atoms with Crippen molar-refractivity contribution in [3.8, 4) is 11.3 Å². The molecule has 1 aliphatic carbocycles. The Labute approximate surface area is 95.4 Å². The monoisotopic (exact) mass is 208 g/mol. The molecule has 0 radical (unpaired) electrons. The van der Waals surface area contributed by atoms with Crippen LogP contribution < -0.4 is 4.57 Å². The average Bonchev–Trinajstić information content (AvgIpc) is 2.64. The van der Waals surface area contributed by atoms with Crippen LogP contribution in [0.4, 0.5) is 0 Å². The Morgan fingerprint density at radius 3 is 2.81 bits per heavy atom. The second kappa shape index (κ2) is 2.73. The molecule has 78 valence electrons. The van der Waals surface area contributed by atoms with Crippen LogP contribution in [-0.4, -0.2) is 0 Å². The summed E-state index contributed by atoms with van der Waals surface area (Å²) in [6.45, 7) is 3.26. The number of aromatic nitrogens is 1. The maximum Gasteiger partial charge on any atom is 0.216 e. The normalized spacial score (nSPS) is 15.1. The van der Waals surface area contributed by atoms with Crippen molar-refractivity contribution in [2.24, 2.45) is 0 Å². The molecule has 4 rings (SSSR count). The van der Waals surface area contributed by atoms with E-state index >= 15 is 0 Å². The van der Waals surface area contributed by atoms with Gasteiger partial charge in [-0.15, -0.1) is 0 Å². The highest BCUT2D eigenvalue weighted by Crippen LogP contribution is 2.37. The van der Waals surface area contributed by atoms with E-state index in [9.17, 15) is 0 Å². The van der Waals surface area contributed by atoms with Crippen LogP contribution in [0.1, 0.15) is 22.3 Å². The number of benzene rings is 1. The molecule has 0 N–H and O–H groups in total. The van der Waals surface area contributed by atoms with Crippen LogP contribution in [0.25, 0.3) is 11.3 Å². The van der Waals surface area contributed by atoms with Crippen molar-refractivity contribution in [2.45, 2.75) is 26.3 Å². The fourth-order valence-electron chi connectivity index (χ4n) is 3.25. The lowest BCUT2D eigenvalue weighted by Crippen LogP contribution is -2.34. The molecule has 2 aliphatic rings. The second-order valence-electron chi connectivity index (χ2n) is 4.97. The maximum atomic E-state index is 2.43. The molecule has 2 aromatic rings. The molecule has 0 spiro atoms. The summed E-state index contributed by atoms with van der Waals surface area (Å²) in [4.78, 5) is 0. The summed E-state index contributed by atoms with van der Waals surface area (Å²) < 4.78 is 2.43. The Kier molecular flexibility index (Phi) is 1.45. The maximum absolute atomic E-state index is 2.43. The first-order chi connectivity index (χ1) is 7.83. The third-order valence-electron chi connectivity index (χ3n) is 3.83. The zero-order chi connectivity index (χ0) is 10.7. The summed E-state index contributed by atoms with van der Waals surface area (Å²) in [6, 6.07) is 9.13. The van der Waals surface area contributed by atoms with Crippen LogP contribution in [0.3, 0.4) is 0 Å². The molecule has 16 heavy (non-hydrogen) atoms. The Bertz CT molecular complexity index is 611. The van der Waals surface area contributed by atoms with E-state index in [-0.39, 0.29) is 0 Å². The third-order valence-corrected chi connectivity index (χ3v) is 3.83. The van der Waals surface area contributed by atoms with E-state index in [1.54, 1.807) is 5.56 Å². The second-order valence-corrected chi connectivity index (χ2v) is 4.97. The van der Waals surface area contributed by atoms with Crippen molar-refractivity contribution in [1.82, 2.24) is 0 Å². The van der Waals surface area contributed by atoms with Gasteiger partial charge in [0.05, 0.1) is 5.56 Å². The zero-order valence-corrected chi connectivity index (χ0v) is 9.46. The predicted molar refractivity (Wildman–Crippen MR) is 63.3 cm³/mol. The summed E-state index contributed by atoms with van der Waals surface area (Å²) in [6.07, 6.45) is 4.70. The fourth-order valence-corrected chi connectivity index (χ4v) is 3.25. The predicted octanol–water partition coefficient (Wildman–Crippen LogP) is 2.41. The van der Waals surface area contributed by atoms with Crippen LogP contribution in [0.2, 0.25) is 0 Å². The van der Waals surface area contributed by atoms with E-state index in [1.807, 2.05) is 0 Å². The summed E-state index contributed by atoms with van der Waals surface area (Å²) in [5.74, 6) is 0. The van der Waals surface area contributed by atoms with Crippen LogP contribution in [0, 0.1) is 6.92 Å². The molecule has 1 heteroatoms. The summed E-state index contributed by atoms with van der Waals surface area (Å²) in [5.41, 5.74) is 8.99. The van der Waals surface area contributed by atoms with Crippen molar-refractivity contribution >= 4 is 0 Å². The first kappa shape index (κ1) is 8.51. The van der Waals surface area contributed by atoms with Gasteiger partial charge in [0, 0.05) is 16.7 Å². The molecule has 0 saturated heterocycles. The lowest BCUT2D eigenvalue weighted by Gasteiger charge is -2.14. The van der Waals surface area contributed by atoms with Gasteiger partial charge in [-0.3, -0.25) is 0 Å². The number of hydrogen-bond acceptors (Lipinski definition) is 0. The first-order valence-electron chi connectivity index (χ1n) is 5.97. The number of pyridine rings is 1. The van der Waals surface area contributed by atoms with Gasteiger partial charge in [0.25, 0.3) is 0 Å². The zero-order valence-electron chi connectivity index (χ0n) is 9.46. The topological polar surface area (TPSA) is 3.88 Å². The van der Waals surface area contributed by atoms with Crippen LogP contribution in [0.5, 0.6) is 0 Å². The van der Waals surface area contributed by atoms with Crippen molar-refractivity contribution in [3.05, 3.63) is 52.7 Å². The van der Waals surface area contributed by atoms with E-state index in [4.69, 9.17) is 0 Å². The largest absolute Gasteiger partial charge is 0.216 e. The Morgan fingerprint density at radius 1 is 1.06 bits per heavy atom. The molecule has 0 bridgehead atoms. The molecule has 0 amide bonds. The highest BCUT2D eigenvalue weighted by molar-refractivity contribution is 5.72. The van der Waals surface area contributed by atoms with Gasteiger partial charge in [-0.2, -0.15) is 4.57 Å². The molecule has 0 saturated carbocycles. The van der Waals surface area contributed by atoms with E-state index in [0.717, 1.165) is 6.54 Å². The summed E-state index contributed by atoms with van der Waals surface area (Å²) in [7, 11) is 0. The van der Waals surface area contributed by atoms with Crippen LogP contribution in [-0.2, 0) is 19.4 Å². The standard InChI is InChI=1S/C15H14N/c1-10-7-12-6-5-11-3-2-4-13-9-16(8-10)15(12)14(11)13/h2-4,7-8H,5-6,9H2,1H3/q+1. The molecule has 0 atom stereocenters. The van der Waals surface area contributed by atoms with Gasteiger partial charge >= 0.3 is 0 Å². The van der Waals surface area contributed by atoms with E-state index in [0.29, 0.717) is 0 Å². The van der Waals surface area contributed by atoms with Gasteiger partial charge in [-0.1, -0.05) is 18.2 Å². The number of nitrogens with zero attached hydrogens (tertiary/aromatic N) is 1. The number of rotatable bonds is 0. The average molecular weight is 208 g/mol. The molecule has 0 fully saturated rings. The Morgan fingerprint density at radius 2 is 1.88 bits per heavy atom. The molecule has 1 aromatic carbocycles. The third kappa shape index (κ3) is 0.934. The summed E-state index contributed by atoms with van der Waals surface area (Å²) >= 11 is 0. The minimum atomic E-state index is 1.06. The molecule has 2 heterocycles. The minimum Gasteiger partial charge on any atom is -0.193 e. The molecular formula is C15H14N+. The van der Waals surface area contributed by atoms with Crippen molar-refractivity contribution in [3.63, 3.8) is 0 Å². The van der Waals surface area contributed by atoms with E-state index in [2.05, 4.69) is 42.0 Å². The molecule has 0 unspecified atom stereocenters. The molecule has 1 nitrogen and oxygen atoms in total. The highest BCUT2D eigenvalue weighted by Gasteiger charge is 2.33. The van der Waals surface area contributed by atoms with E-state index < -0.39 is 0 Å². The van der Waals surface area contributed by atoms with Crippen molar-refractivity contribution in [1.29, 1.82) is 0 Å². The fraction of sp³-hybridized carbons (Fsp3) is 0.267. The van der Waals surface area contributed by atoms with Gasteiger partial charge < -0.3 is 0 Å². The van der Waals surface area contributed by atoms with Crippen LogP contribution >= 0.6 is 0 Å². The first-order valence-corrected chi connectivity index (χ1v) is 5.97. The van der Waals surface area contributed by atoms with Gasteiger partial charge in [-0.05, 0) is 31.4 Å². The Hall–Kier alpha value is -1.63. The van der Waals surface area contributed by atoms with Crippen LogP contribution in [0.15, 0.2) is 30.5 Å². The molecule has 1 aliphatic heterocycles. The SMILES string of the molecule is Cc1cc2c3[n+](c1)Cc1cccc(c1-3)CC2. The lowest BCUT2D eigenvalue weighted by molar-refractivity contribution is -0.672. The van der Waals surface area contributed by atoms with Gasteiger partial charge in [0.1, 0.15) is 0 Å². The van der Waals surface area contributed by atoms with Gasteiger partial charge in [0.15, 0.2) is 12.7 Å². The smallest absolute Gasteiger partial charge is 0.193 e. The van der Waals surface area contributed by atoms with Crippen molar-refractivity contribution in [2.75, 3.05) is 0 Å².